The zero-order chi connectivity index (χ0) is 13.7. The molecule has 3 rings (SSSR count). The van der Waals surface area contributed by atoms with Crippen LogP contribution in [-0.4, -0.2) is 48.9 Å². The third kappa shape index (κ3) is 1.95. The molecule has 2 aliphatic carbocycles. The first kappa shape index (κ1) is 13.2. The molecule has 0 aromatic heterocycles. The third-order valence-corrected chi connectivity index (χ3v) is 6.83. The van der Waals surface area contributed by atoms with Crippen molar-refractivity contribution in [1.82, 2.24) is 4.90 Å². The maximum absolute atomic E-state index is 12.1. The molecular weight excluding hydrogens is 262 g/mol. The van der Waals surface area contributed by atoms with Crippen LogP contribution in [0.3, 0.4) is 0 Å². The first-order chi connectivity index (χ1) is 8.95. The first-order valence-electron chi connectivity index (χ1n) is 7.23. The molecule has 0 amide bonds. The lowest BCUT2D eigenvalue weighted by Crippen LogP contribution is -2.61. The summed E-state index contributed by atoms with van der Waals surface area (Å²) < 4.78 is 24.3. The van der Waals surface area contributed by atoms with Crippen LogP contribution < -0.4 is 5.73 Å². The zero-order valence-electron chi connectivity index (χ0n) is 11.5. The fraction of sp³-hybridized carbons (Fsp3) is 0.923. The summed E-state index contributed by atoms with van der Waals surface area (Å²) in [4.78, 5) is 6.61. The van der Waals surface area contributed by atoms with Gasteiger partial charge in [-0.3, -0.25) is 4.99 Å². The first-order valence-corrected chi connectivity index (χ1v) is 9.19. The Bertz CT molecular complexity index is 496. The van der Waals surface area contributed by atoms with E-state index in [1.807, 2.05) is 0 Å². The summed E-state index contributed by atoms with van der Waals surface area (Å²) in [5, 5.41) is -0.301. The molecule has 0 aromatic carbocycles. The summed E-state index contributed by atoms with van der Waals surface area (Å²) in [5.74, 6) is 0.572. The number of hydrogen-bond donors (Lipinski definition) is 1. The predicted molar refractivity (Wildman–Crippen MR) is 75.8 cm³/mol. The van der Waals surface area contributed by atoms with E-state index in [0.717, 1.165) is 32.1 Å². The average Bonchev–Trinajstić information content (AvgIpc) is 2.99. The minimum absolute atomic E-state index is 0.301. The molecule has 3 aliphatic rings. The van der Waals surface area contributed by atoms with Crippen molar-refractivity contribution in [2.75, 3.05) is 12.8 Å². The summed E-state index contributed by atoms with van der Waals surface area (Å²) in [6.45, 7) is 0.563. The highest BCUT2D eigenvalue weighted by Gasteiger charge is 2.56. The number of nitrogens with two attached hydrogens (primary N) is 1. The van der Waals surface area contributed by atoms with Gasteiger partial charge in [0.25, 0.3) is 0 Å². The second kappa shape index (κ2) is 4.36. The Kier molecular flexibility index (Phi) is 3.04. The van der Waals surface area contributed by atoms with Gasteiger partial charge in [0.2, 0.25) is 0 Å². The number of hydrogen-bond acceptors (Lipinski definition) is 5. The largest absolute Gasteiger partial charge is 0.370 e. The van der Waals surface area contributed by atoms with Crippen LogP contribution in [-0.2, 0) is 9.84 Å². The number of nitrogens with zero attached hydrogens (tertiary/aromatic N) is 2. The monoisotopic (exact) mass is 285 g/mol. The van der Waals surface area contributed by atoms with Crippen LogP contribution in [0.15, 0.2) is 4.99 Å². The van der Waals surface area contributed by atoms with Crippen LogP contribution in [0.1, 0.15) is 44.9 Å². The highest BCUT2D eigenvalue weighted by atomic mass is 32.2. The molecule has 0 aromatic rings. The Morgan fingerprint density at radius 3 is 2.58 bits per heavy atom. The second-order valence-corrected chi connectivity index (χ2v) is 8.52. The van der Waals surface area contributed by atoms with Crippen molar-refractivity contribution in [3.8, 4) is 0 Å². The minimum atomic E-state index is -3.05. The molecule has 1 spiro atoms. The van der Waals surface area contributed by atoms with E-state index in [2.05, 4.69) is 9.89 Å². The summed E-state index contributed by atoms with van der Waals surface area (Å²) in [5.41, 5.74) is 5.76. The molecule has 0 bridgehead atoms. The fourth-order valence-electron chi connectivity index (χ4n) is 4.40. The van der Waals surface area contributed by atoms with E-state index in [1.54, 1.807) is 0 Å². The lowest BCUT2D eigenvalue weighted by Gasteiger charge is -2.43. The van der Waals surface area contributed by atoms with E-state index in [9.17, 15) is 8.42 Å². The molecule has 2 saturated carbocycles. The average molecular weight is 285 g/mol. The van der Waals surface area contributed by atoms with Crippen molar-refractivity contribution in [2.24, 2.45) is 10.7 Å². The van der Waals surface area contributed by atoms with Crippen molar-refractivity contribution in [3.05, 3.63) is 0 Å². The van der Waals surface area contributed by atoms with E-state index in [1.165, 1.54) is 19.1 Å². The molecular formula is C13H23N3O2S. The molecule has 1 aliphatic heterocycles. The summed E-state index contributed by atoms with van der Waals surface area (Å²) >= 11 is 0. The van der Waals surface area contributed by atoms with E-state index in [4.69, 9.17) is 5.73 Å². The lowest BCUT2D eigenvalue weighted by molar-refractivity contribution is 0.156. The SMILES string of the molecule is CS(=O)(=O)C1CCCC12CN=C(N)N2C1CCCC1. The maximum atomic E-state index is 12.1. The molecule has 19 heavy (non-hydrogen) atoms. The van der Waals surface area contributed by atoms with Gasteiger partial charge in [-0.2, -0.15) is 0 Å². The fourth-order valence-corrected chi connectivity index (χ4v) is 6.10. The summed E-state index contributed by atoms with van der Waals surface area (Å²) in [7, 11) is -3.05. The van der Waals surface area contributed by atoms with Crippen molar-refractivity contribution in [1.29, 1.82) is 0 Å². The highest BCUT2D eigenvalue weighted by molar-refractivity contribution is 7.91. The van der Waals surface area contributed by atoms with Crippen molar-refractivity contribution >= 4 is 15.8 Å². The van der Waals surface area contributed by atoms with Crippen LogP contribution >= 0.6 is 0 Å². The van der Waals surface area contributed by atoms with E-state index < -0.39 is 9.84 Å². The molecule has 0 radical (unpaired) electrons. The van der Waals surface area contributed by atoms with Gasteiger partial charge < -0.3 is 10.6 Å². The summed E-state index contributed by atoms with van der Waals surface area (Å²) in [6, 6.07) is 0.397. The van der Waals surface area contributed by atoms with Crippen molar-refractivity contribution in [2.45, 2.75) is 61.8 Å². The number of sulfone groups is 1. The lowest BCUT2D eigenvalue weighted by atomic mass is 9.93. The number of rotatable bonds is 2. The van der Waals surface area contributed by atoms with Crippen LogP contribution in [0.2, 0.25) is 0 Å². The topological polar surface area (TPSA) is 75.8 Å². The van der Waals surface area contributed by atoms with Gasteiger partial charge in [-0.25, -0.2) is 8.42 Å². The van der Waals surface area contributed by atoms with Crippen molar-refractivity contribution in [3.63, 3.8) is 0 Å². The molecule has 2 fully saturated rings. The van der Waals surface area contributed by atoms with Crippen molar-refractivity contribution < 1.29 is 8.42 Å². The van der Waals surface area contributed by atoms with Crippen LogP contribution in [0.4, 0.5) is 0 Å². The van der Waals surface area contributed by atoms with E-state index >= 15 is 0 Å². The quantitative estimate of drug-likeness (QED) is 0.817. The van der Waals surface area contributed by atoms with Gasteiger partial charge in [-0.15, -0.1) is 0 Å². The molecule has 2 N–H and O–H groups in total. The Balaban J connectivity index is 1.98. The van der Waals surface area contributed by atoms with Gasteiger partial charge in [0.15, 0.2) is 15.8 Å². The van der Waals surface area contributed by atoms with Crippen LogP contribution in [0.25, 0.3) is 0 Å². The molecule has 1 heterocycles. The van der Waals surface area contributed by atoms with E-state index in [-0.39, 0.29) is 10.8 Å². The Morgan fingerprint density at radius 1 is 1.26 bits per heavy atom. The van der Waals surface area contributed by atoms with Gasteiger partial charge in [-0.05, 0) is 32.1 Å². The number of aliphatic imine (C=N–C) groups is 1. The highest BCUT2D eigenvalue weighted by Crippen LogP contribution is 2.45. The van der Waals surface area contributed by atoms with Gasteiger partial charge in [0.05, 0.1) is 17.3 Å². The summed E-state index contributed by atoms with van der Waals surface area (Å²) in [6.07, 6.45) is 8.66. The van der Waals surface area contributed by atoms with Gasteiger partial charge in [0.1, 0.15) is 0 Å². The minimum Gasteiger partial charge on any atom is -0.370 e. The maximum Gasteiger partial charge on any atom is 0.192 e. The smallest absolute Gasteiger partial charge is 0.192 e. The molecule has 5 nitrogen and oxygen atoms in total. The Morgan fingerprint density at radius 2 is 1.95 bits per heavy atom. The van der Waals surface area contributed by atoms with Crippen LogP contribution in [0, 0.1) is 0 Å². The van der Waals surface area contributed by atoms with Gasteiger partial charge in [-0.1, -0.05) is 12.8 Å². The molecule has 6 heteroatoms. The van der Waals surface area contributed by atoms with Gasteiger partial charge in [0, 0.05) is 12.3 Å². The van der Waals surface area contributed by atoms with E-state index in [0.29, 0.717) is 18.5 Å². The number of guanidine groups is 1. The predicted octanol–water partition coefficient (Wildman–Crippen LogP) is 0.895. The third-order valence-electron chi connectivity index (χ3n) is 5.12. The van der Waals surface area contributed by atoms with Gasteiger partial charge >= 0.3 is 0 Å². The molecule has 2 unspecified atom stereocenters. The Labute approximate surface area is 115 Å². The molecule has 108 valence electrons. The molecule has 2 atom stereocenters. The standard InChI is InChI=1S/C13H23N3O2S/c1-19(17,18)11-7-4-8-13(11)9-15-12(14)16(13)10-5-2-3-6-10/h10-11H,2-9H2,1H3,(H2,14,15). The van der Waals surface area contributed by atoms with Crippen LogP contribution in [0.5, 0.6) is 0 Å². The normalized spacial score (nSPS) is 36.4. The molecule has 0 saturated heterocycles. The Hall–Kier alpha value is -0.780. The second-order valence-electron chi connectivity index (χ2n) is 6.30. The zero-order valence-corrected chi connectivity index (χ0v) is 12.3.